The fourth-order valence-corrected chi connectivity index (χ4v) is 4.92. The summed E-state index contributed by atoms with van der Waals surface area (Å²) >= 11 is 1.39. The number of nitrogens with zero attached hydrogens (tertiary/aromatic N) is 2. The Morgan fingerprint density at radius 2 is 2.15 bits per heavy atom. The summed E-state index contributed by atoms with van der Waals surface area (Å²) in [4.78, 5) is 31.2. The summed E-state index contributed by atoms with van der Waals surface area (Å²) in [5.74, 6) is 0.640. The standard InChI is InChI=1S/C27H29N3O3S/c1-4-12-28-27(32)23-17-34-24(29-23)16-33-21-10-9-19-11-13-30(25(31)5-2)26(22(19)15-21)20-8-6-7-18(3)14-20/h4,6-10,14-15,17,26H,1,5,11-13,16H2,2-3H3,(H,28,32)/t26-/m1/s1. The smallest absolute Gasteiger partial charge is 0.271 e. The van der Waals surface area contributed by atoms with Crippen molar-refractivity contribution in [2.24, 2.45) is 0 Å². The molecule has 7 heteroatoms. The summed E-state index contributed by atoms with van der Waals surface area (Å²) in [6, 6.07) is 14.3. The van der Waals surface area contributed by atoms with Crippen LogP contribution in [0.1, 0.15) is 57.1 Å². The fraction of sp³-hybridized carbons (Fsp3) is 0.296. The number of amides is 2. The molecule has 34 heavy (non-hydrogen) atoms. The Bertz CT molecular complexity index is 1200. The Kier molecular flexibility index (Phi) is 7.43. The van der Waals surface area contributed by atoms with Gasteiger partial charge < -0.3 is 15.0 Å². The van der Waals surface area contributed by atoms with Crippen LogP contribution in [0.5, 0.6) is 5.75 Å². The average Bonchev–Trinajstić information content (AvgIpc) is 3.34. The number of nitrogens with one attached hydrogen (secondary N) is 1. The van der Waals surface area contributed by atoms with E-state index in [4.69, 9.17) is 4.74 Å². The van der Waals surface area contributed by atoms with Gasteiger partial charge in [0.25, 0.3) is 5.91 Å². The summed E-state index contributed by atoms with van der Waals surface area (Å²) < 4.78 is 6.06. The molecule has 1 aliphatic rings. The van der Waals surface area contributed by atoms with E-state index in [0.29, 0.717) is 25.2 Å². The lowest BCUT2D eigenvalue weighted by molar-refractivity contribution is -0.132. The van der Waals surface area contributed by atoms with Gasteiger partial charge >= 0.3 is 0 Å². The molecule has 0 bridgehead atoms. The van der Waals surface area contributed by atoms with Gasteiger partial charge in [-0.3, -0.25) is 9.59 Å². The third kappa shape index (κ3) is 5.20. The number of carbonyl (C=O) groups is 2. The van der Waals surface area contributed by atoms with E-state index < -0.39 is 0 Å². The van der Waals surface area contributed by atoms with Crippen LogP contribution < -0.4 is 10.1 Å². The van der Waals surface area contributed by atoms with Crippen molar-refractivity contribution >= 4 is 23.2 Å². The van der Waals surface area contributed by atoms with E-state index in [1.165, 1.54) is 16.9 Å². The Labute approximate surface area is 204 Å². The predicted molar refractivity (Wildman–Crippen MR) is 134 cm³/mol. The van der Waals surface area contributed by atoms with E-state index in [0.717, 1.165) is 33.9 Å². The van der Waals surface area contributed by atoms with Gasteiger partial charge in [0.15, 0.2) is 0 Å². The molecule has 0 saturated heterocycles. The van der Waals surface area contributed by atoms with Crippen molar-refractivity contribution in [1.29, 1.82) is 0 Å². The molecular weight excluding hydrogens is 446 g/mol. The van der Waals surface area contributed by atoms with Crippen LogP contribution in [0.25, 0.3) is 0 Å². The number of aryl methyl sites for hydroxylation is 1. The Balaban J connectivity index is 1.57. The summed E-state index contributed by atoms with van der Waals surface area (Å²) in [6.07, 6.45) is 2.92. The largest absolute Gasteiger partial charge is 0.486 e. The minimum atomic E-state index is -0.224. The zero-order valence-electron chi connectivity index (χ0n) is 19.5. The Morgan fingerprint density at radius 3 is 2.91 bits per heavy atom. The first-order valence-corrected chi connectivity index (χ1v) is 12.3. The van der Waals surface area contributed by atoms with Crippen molar-refractivity contribution in [3.63, 3.8) is 0 Å². The van der Waals surface area contributed by atoms with Crippen molar-refractivity contribution < 1.29 is 14.3 Å². The fourth-order valence-electron chi connectivity index (χ4n) is 4.24. The van der Waals surface area contributed by atoms with Crippen LogP contribution in [-0.4, -0.2) is 34.8 Å². The number of carbonyl (C=O) groups excluding carboxylic acids is 2. The molecule has 1 N–H and O–H groups in total. The van der Waals surface area contributed by atoms with E-state index in [9.17, 15) is 9.59 Å². The molecule has 2 heterocycles. The minimum Gasteiger partial charge on any atom is -0.486 e. The van der Waals surface area contributed by atoms with E-state index in [1.807, 2.05) is 30.0 Å². The number of rotatable bonds is 8. The molecule has 0 fully saturated rings. The third-order valence-electron chi connectivity index (χ3n) is 5.88. The predicted octanol–water partition coefficient (Wildman–Crippen LogP) is 4.83. The maximum absolute atomic E-state index is 12.8. The first-order valence-electron chi connectivity index (χ1n) is 11.4. The van der Waals surface area contributed by atoms with Gasteiger partial charge in [-0.05, 0) is 42.2 Å². The molecule has 1 atom stereocenters. The van der Waals surface area contributed by atoms with Crippen molar-refractivity contribution in [3.05, 3.63) is 93.5 Å². The zero-order chi connectivity index (χ0) is 24.1. The van der Waals surface area contributed by atoms with Crippen molar-refractivity contribution in [2.75, 3.05) is 13.1 Å². The lowest BCUT2D eigenvalue weighted by Gasteiger charge is -2.38. The lowest BCUT2D eigenvalue weighted by atomic mass is 9.87. The third-order valence-corrected chi connectivity index (χ3v) is 6.70. The lowest BCUT2D eigenvalue weighted by Crippen LogP contribution is -2.40. The molecule has 0 radical (unpaired) electrons. The first-order chi connectivity index (χ1) is 16.5. The molecule has 0 unspecified atom stereocenters. The Hall–Kier alpha value is -3.45. The van der Waals surface area contributed by atoms with Gasteiger partial charge in [0.1, 0.15) is 23.1 Å². The molecule has 1 aliphatic heterocycles. The van der Waals surface area contributed by atoms with Gasteiger partial charge in [-0.2, -0.15) is 0 Å². The molecule has 0 aliphatic carbocycles. The topological polar surface area (TPSA) is 71.5 Å². The van der Waals surface area contributed by atoms with Crippen molar-refractivity contribution in [2.45, 2.75) is 39.3 Å². The molecule has 2 aromatic carbocycles. The zero-order valence-corrected chi connectivity index (χ0v) is 20.4. The maximum Gasteiger partial charge on any atom is 0.271 e. The number of thiazole rings is 1. The van der Waals surface area contributed by atoms with E-state index >= 15 is 0 Å². The highest BCUT2D eigenvalue weighted by Crippen LogP contribution is 2.38. The molecule has 2 amide bonds. The number of fused-ring (bicyclic) bond motifs is 1. The van der Waals surface area contributed by atoms with Gasteiger partial charge in [-0.1, -0.05) is 48.9 Å². The van der Waals surface area contributed by atoms with E-state index in [-0.39, 0.29) is 24.5 Å². The number of aromatic nitrogens is 1. The quantitative estimate of drug-likeness (QED) is 0.474. The van der Waals surface area contributed by atoms with Gasteiger partial charge in [0.2, 0.25) is 5.91 Å². The van der Waals surface area contributed by atoms with Crippen molar-refractivity contribution in [1.82, 2.24) is 15.2 Å². The van der Waals surface area contributed by atoms with E-state index in [2.05, 4.69) is 48.1 Å². The SMILES string of the molecule is C=CCNC(=O)c1csc(COc2ccc3c(c2)[C@@H](c2cccc(C)c2)N(C(=O)CC)CC3)n1. The van der Waals surface area contributed by atoms with Crippen LogP contribution in [0.2, 0.25) is 0 Å². The summed E-state index contributed by atoms with van der Waals surface area (Å²) in [5.41, 5.74) is 4.98. The van der Waals surface area contributed by atoms with Crippen LogP contribution in [0, 0.1) is 6.92 Å². The van der Waals surface area contributed by atoms with Crippen LogP contribution in [0.15, 0.2) is 60.5 Å². The summed E-state index contributed by atoms with van der Waals surface area (Å²) in [6.45, 7) is 8.95. The summed E-state index contributed by atoms with van der Waals surface area (Å²) in [7, 11) is 0. The van der Waals surface area contributed by atoms with Gasteiger partial charge in [-0.15, -0.1) is 17.9 Å². The first kappa shape index (κ1) is 23.7. The molecule has 4 rings (SSSR count). The normalized spacial score (nSPS) is 14.9. The molecule has 0 spiro atoms. The molecule has 1 aromatic heterocycles. The molecule has 176 valence electrons. The highest BCUT2D eigenvalue weighted by Gasteiger charge is 2.31. The number of hydrogen-bond donors (Lipinski definition) is 1. The van der Waals surface area contributed by atoms with E-state index in [1.54, 1.807) is 11.5 Å². The average molecular weight is 476 g/mol. The highest BCUT2D eigenvalue weighted by molar-refractivity contribution is 7.09. The second-order valence-electron chi connectivity index (χ2n) is 8.28. The molecule has 6 nitrogen and oxygen atoms in total. The monoisotopic (exact) mass is 475 g/mol. The molecule has 3 aromatic rings. The van der Waals surface area contributed by atoms with Gasteiger partial charge in [-0.25, -0.2) is 4.98 Å². The minimum absolute atomic E-state index is 0.139. The second kappa shape index (κ2) is 10.7. The van der Waals surface area contributed by atoms with Crippen LogP contribution in [0.4, 0.5) is 0 Å². The van der Waals surface area contributed by atoms with Crippen molar-refractivity contribution in [3.8, 4) is 5.75 Å². The van der Waals surface area contributed by atoms with Gasteiger partial charge in [0, 0.05) is 24.9 Å². The number of hydrogen-bond acceptors (Lipinski definition) is 5. The molecule has 0 saturated carbocycles. The number of benzene rings is 2. The van der Waals surface area contributed by atoms with Gasteiger partial charge in [0.05, 0.1) is 6.04 Å². The number of ether oxygens (including phenoxy) is 1. The second-order valence-corrected chi connectivity index (χ2v) is 9.22. The van der Waals surface area contributed by atoms with Crippen LogP contribution in [-0.2, 0) is 17.8 Å². The maximum atomic E-state index is 12.8. The highest BCUT2D eigenvalue weighted by atomic mass is 32.1. The summed E-state index contributed by atoms with van der Waals surface area (Å²) in [5, 5.41) is 5.18. The molecular formula is C27H29N3O3S. The Morgan fingerprint density at radius 1 is 1.29 bits per heavy atom. The van der Waals surface area contributed by atoms with Crippen LogP contribution >= 0.6 is 11.3 Å². The van der Waals surface area contributed by atoms with Crippen LogP contribution in [0.3, 0.4) is 0 Å².